The van der Waals surface area contributed by atoms with Crippen LogP contribution in [0, 0.1) is 11.3 Å². The Labute approximate surface area is 205 Å². The highest BCUT2D eigenvalue weighted by molar-refractivity contribution is 14.1. The summed E-state index contributed by atoms with van der Waals surface area (Å²) in [6.45, 7) is 2.80. The topological polar surface area (TPSA) is 106 Å². The van der Waals surface area contributed by atoms with E-state index in [2.05, 4.69) is 43.9 Å². The molecule has 0 aliphatic heterocycles. The zero-order valence-corrected chi connectivity index (χ0v) is 20.2. The van der Waals surface area contributed by atoms with Gasteiger partial charge in [-0.3, -0.25) is 9.97 Å². The lowest BCUT2D eigenvalue weighted by atomic mass is 10.1. The molecule has 0 atom stereocenters. The van der Waals surface area contributed by atoms with E-state index in [9.17, 15) is 5.26 Å². The number of anilines is 3. The fraction of sp³-hybridized carbons (Fsp3) is 0.160. The molecule has 0 unspecified atom stereocenters. The van der Waals surface area contributed by atoms with Crippen molar-refractivity contribution in [3.63, 3.8) is 0 Å². The quantitative estimate of drug-likeness (QED) is 0.163. The minimum Gasteiger partial charge on any atom is -0.492 e. The van der Waals surface area contributed by atoms with Crippen LogP contribution in [0.3, 0.4) is 0 Å². The maximum absolute atomic E-state index is 9.67. The molecule has 3 N–H and O–H groups in total. The summed E-state index contributed by atoms with van der Waals surface area (Å²) in [4.78, 5) is 8.71. The first-order valence-electron chi connectivity index (χ1n) is 10.4. The van der Waals surface area contributed by atoms with Crippen molar-refractivity contribution in [1.82, 2.24) is 9.97 Å². The number of ether oxygens (including phenoxy) is 2. The van der Waals surface area contributed by atoms with Crippen molar-refractivity contribution in [1.29, 1.82) is 5.26 Å². The SMILES string of the molecule is CCOc1cc2ncc(C#N)c(Nc3ccc(OCc4ccccn4)c(CI)c3)c2cc1N. The zero-order chi connectivity index (χ0) is 23.2. The smallest absolute Gasteiger partial charge is 0.144 e. The van der Waals surface area contributed by atoms with Gasteiger partial charge in [0.2, 0.25) is 0 Å². The van der Waals surface area contributed by atoms with Crippen LogP contribution < -0.4 is 20.5 Å². The number of halogens is 1. The van der Waals surface area contributed by atoms with Crippen LogP contribution in [0.25, 0.3) is 10.9 Å². The number of benzene rings is 2. The second-order valence-corrected chi connectivity index (χ2v) is 7.95. The Morgan fingerprint density at radius 2 is 1.97 bits per heavy atom. The average molecular weight is 551 g/mol. The van der Waals surface area contributed by atoms with Crippen LogP contribution in [-0.2, 0) is 11.0 Å². The number of nitrogens with one attached hydrogen (secondary N) is 1. The first-order valence-corrected chi connectivity index (χ1v) is 11.9. The van der Waals surface area contributed by atoms with Crippen LogP contribution >= 0.6 is 22.6 Å². The van der Waals surface area contributed by atoms with Crippen LogP contribution in [0.5, 0.6) is 11.5 Å². The fourth-order valence-corrected chi connectivity index (χ4v) is 4.01. The van der Waals surface area contributed by atoms with Gasteiger partial charge < -0.3 is 20.5 Å². The second-order valence-electron chi connectivity index (χ2n) is 7.19. The highest BCUT2D eigenvalue weighted by Crippen LogP contribution is 2.35. The molecule has 2 aromatic heterocycles. The van der Waals surface area contributed by atoms with Gasteiger partial charge in [0.15, 0.2) is 0 Å². The summed E-state index contributed by atoms with van der Waals surface area (Å²) in [5.41, 5.74) is 11.2. The van der Waals surface area contributed by atoms with E-state index >= 15 is 0 Å². The lowest BCUT2D eigenvalue weighted by Crippen LogP contribution is -2.02. The predicted octanol–water partition coefficient (Wildman–Crippen LogP) is 5.74. The molecular weight excluding hydrogens is 529 g/mol. The number of hydrogen-bond donors (Lipinski definition) is 2. The molecule has 7 nitrogen and oxygen atoms in total. The monoisotopic (exact) mass is 551 g/mol. The summed E-state index contributed by atoms with van der Waals surface area (Å²) in [6.07, 6.45) is 3.31. The molecule has 2 aromatic carbocycles. The fourth-order valence-electron chi connectivity index (χ4n) is 3.42. The number of aromatic nitrogens is 2. The maximum Gasteiger partial charge on any atom is 0.144 e. The molecule has 8 heteroatoms. The maximum atomic E-state index is 9.67. The first-order chi connectivity index (χ1) is 16.1. The number of nitriles is 1. The molecule has 33 heavy (non-hydrogen) atoms. The van der Waals surface area contributed by atoms with E-state index in [1.807, 2.05) is 43.3 Å². The Kier molecular flexibility index (Phi) is 7.10. The van der Waals surface area contributed by atoms with Crippen molar-refractivity contribution in [3.8, 4) is 17.6 Å². The number of hydrogen-bond acceptors (Lipinski definition) is 7. The van der Waals surface area contributed by atoms with Gasteiger partial charge in [-0.1, -0.05) is 28.7 Å². The van der Waals surface area contributed by atoms with Gasteiger partial charge in [-0.25, -0.2) is 0 Å². The van der Waals surface area contributed by atoms with Crippen molar-refractivity contribution in [2.45, 2.75) is 18.0 Å². The summed E-state index contributed by atoms with van der Waals surface area (Å²) in [6, 6.07) is 17.4. The third-order valence-electron chi connectivity index (χ3n) is 5.00. The molecule has 4 rings (SSSR count). The van der Waals surface area contributed by atoms with Gasteiger partial charge in [0.25, 0.3) is 0 Å². The molecule has 0 spiro atoms. The summed E-state index contributed by atoms with van der Waals surface area (Å²) in [5.74, 6) is 1.38. The number of pyridine rings is 2. The van der Waals surface area contributed by atoms with Gasteiger partial charge in [-0.05, 0) is 43.3 Å². The Morgan fingerprint density at radius 3 is 2.70 bits per heavy atom. The molecule has 0 amide bonds. The summed E-state index contributed by atoms with van der Waals surface area (Å²) >= 11 is 2.31. The van der Waals surface area contributed by atoms with Gasteiger partial charge in [0.1, 0.15) is 24.2 Å². The molecule has 0 radical (unpaired) electrons. The Balaban J connectivity index is 1.66. The average Bonchev–Trinajstić information content (AvgIpc) is 2.85. The standard InChI is InChI=1S/C25H22IN5O2/c1-2-32-24-11-22-20(10-21(24)28)25(17(13-27)14-30-22)31-18-6-7-23(16(9-18)12-26)33-15-19-5-3-4-8-29-19/h3-11,14H,2,12,15,28H2,1H3,(H,30,31). The Bertz CT molecular complexity index is 1320. The summed E-state index contributed by atoms with van der Waals surface area (Å²) < 4.78 is 12.3. The first kappa shape index (κ1) is 22.6. The summed E-state index contributed by atoms with van der Waals surface area (Å²) in [5, 5.41) is 13.8. The van der Waals surface area contributed by atoms with E-state index in [4.69, 9.17) is 15.2 Å². The molecule has 0 saturated carbocycles. The van der Waals surface area contributed by atoms with Crippen LogP contribution in [-0.4, -0.2) is 16.6 Å². The van der Waals surface area contributed by atoms with Crippen molar-refractivity contribution in [2.75, 3.05) is 17.7 Å². The van der Waals surface area contributed by atoms with E-state index in [0.717, 1.165) is 32.5 Å². The van der Waals surface area contributed by atoms with Crippen LogP contribution in [0.15, 0.2) is 60.9 Å². The molecule has 166 valence electrons. The van der Waals surface area contributed by atoms with E-state index in [1.165, 1.54) is 0 Å². The number of nitrogens with zero attached hydrogens (tertiary/aromatic N) is 3. The molecule has 0 bridgehead atoms. The van der Waals surface area contributed by atoms with Crippen molar-refractivity contribution >= 4 is 50.6 Å². The van der Waals surface area contributed by atoms with Gasteiger partial charge in [0.05, 0.1) is 34.8 Å². The molecule has 2 heterocycles. The normalized spacial score (nSPS) is 10.6. The lowest BCUT2D eigenvalue weighted by molar-refractivity contribution is 0.299. The Hall–Kier alpha value is -3.58. The van der Waals surface area contributed by atoms with Gasteiger partial charge in [0, 0.05) is 39.5 Å². The molecule has 0 fully saturated rings. The second kappa shape index (κ2) is 10.4. The van der Waals surface area contributed by atoms with E-state index in [0.29, 0.717) is 41.4 Å². The van der Waals surface area contributed by atoms with Gasteiger partial charge >= 0.3 is 0 Å². The molecule has 0 aliphatic carbocycles. The van der Waals surface area contributed by atoms with Crippen molar-refractivity contribution in [2.24, 2.45) is 0 Å². The third-order valence-corrected chi connectivity index (χ3v) is 5.82. The van der Waals surface area contributed by atoms with E-state index in [-0.39, 0.29) is 0 Å². The zero-order valence-electron chi connectivity index (χ0n) is 18.0. The molecular formula is C25H22IN5O2. The number of fused-ring (bicyclic) bond motifs is 1. The van der Waals surface area contributed by atoms with E-state index in [1.54, 1.807) is 24.5 Å². The van der Waals surface area contributed by atoms with E-state index < -0.39 is 0 Å². The third kappa shape index (κ3) is 5.09. The largest absolute Gasteiger partial charge is 0.492 e. The van der Waals surface area contributed by atoms with Crippen LogP contribution in [0.4, 0.5) is 17.1 Å². The number of alkyl halides is 1. The number of nitrogen functional groups attached to an aromatic ring is 1. The van der Waals surface area contributed by atoms with Gasteiger partial charge in [-0.15, -0.1) is 0 Å². The van der Waals surface area contributed by atoms with Gasteiger partial charge in [-0.2, -0.15) is 5.26 Å². The minimum absolute atomic E-state index is 0.395. The minimum atomic E-state index is 0.395. The number of rotatable bonds is 8. The Morgan fingerprint density at radius 1 is 1.09 bits per heavy atom. The van der Waals surface area contributed by atoms with Crippen LogP contribution in [0.2, 0.25) is 0 Å². The number of nitrogens with two attached hydrogens (primary N) is 1. The molecule has 4 aromatic rings. The lowest BCUT2D eigenvalue weighted by Gasteiger charge is -2.16. The predicted molar refractivity (Wildman–Crippen MR) is 138 cm³/mol. The molecule has 0 aliphatic rings. The highest BCUT2D eigenvalue weighted by atomic mass is 127. The highest BCUT2D eigenvalue weighted by Gasteiger charge is 2.14. The molecule has 0 saturated heterocycles. The van der Waals surface area contributed by atoms with Crippen molar-refractivity contribution in [3.05, 3.63) is 77.7 Å². The summed E-state index contributed by atoms with van der Waals surface area (Å²) in [7, 11) is 0. The van der Waals surface area contributed by atoms with Crippen LogP contribution in [0.1, 0.15) is 23.7 Å². The van der Waals surface area contributed by atoms with Crippen molar-refractivity contribution < 1.29 is 9.47 Å².